The molecule has 0 spiro atoms. The minimum absolute atomic E-state index is 0.210. The molecule has 1 fully saturated rings. The lowest BCUT2D eigenvalue weighted by Crippen LogP contribution is -2.40. The molecule has 0 radical (unpaired) electrons. The van der Waals surface area contributed by atoms with Gasteiger partial charge in [0.05, 0.1) is 21.3 Å². The van der Waals surface area contributed by atoms with Crippen molar-refractivity contribution in [1.29, 1.82) is 0 Å². The first kappa shape index (κ1) is 18.4. The van der Waals surface area contributed by atoms with Gasteiger partial charge in [0.1, 0.15) is 0 Å². The lowest BCUT2D eigenvalue weighted by molar-refractivity contribution is -0.131. The van der Waals surface area contributed by atoms with Gasteiger partial charge in [-0.15, -0.1) is 0 Å². The maximum atomic E-state index is 12.5. The Morgan fingerprint density at radius 3 is 2.42 bits per heavy atom. The fourth-order valence-corrected chi connectivity index (χ4v) is 3.29. The fourth-order valence-electron chi connectivity index (χ4n) is 3.29. The average Bonchev–Trinajstić information content (AvgIpc) is 3.07. The molecule has 6 heteroatoms. The normalized spacial score (nSPS) is 17.0. The van der Waals surface area contributed by atoms with E-state index in [-0.39, 0.29) is 5.91 Å². The molecule has 1 aliphatic rings. The number of methoxy groups -OCH3 is 3. The summed E-state index contributed by atoms with van der Waals surface area (Å²) in [5, 5.41) is 3.17. The number of hydrogen-bond donors (Lipinski definition) is 1. The number of nitrogens with one attached hydrogen (secondary N) is 1. The summed E-state index contributed by atoms with van der Waals surface area (Å²) in [5.41, 5.74) is 1.00. The highest BCUT2D eigenvalue weighted by atomic mass is 16.5. The Hall–Kier alpha value is -1.95. The molecule has 1 unspecified atom stereocenters. The number of likely N-dealkylation sites (tertiary alicyclic amines) is 1. The zero-order valence-electron chi connectivity index (χ0n) is 15.1. The van der Waals surface area contributed by atoms with Crippen LogP contribution >= 0.6 is 0 Å². The quantitative estimate of drug-likeness (QED) is 0.785. The van der Waals surface area contributed by atoms with E-state index in [1.165, 1.54) is 0 Å². The Balaban J connectivity index is 2.04. The largest absolute Gasteiger partial charge is 0.493 e. The molecule has 6 nitrogen and oxygen atoms in total. The first-order valence-electron chi connectivity index (χ1n) is 8.37. The number of rotatable bonds is 8. The van der Waals surface area contributed by atoms with E-state index in [9.17, 15) is 4.79 Å². The highest BCUT2D eigenvalue weighted by Crippen LogP contribution is 2.38. The number of carbonyl (C=O) groups excluding carboxylic acids is 1. The molecule has 2 rings (SSSR count). The molecule has 134 valence electrons. The van der Waals surface area contributed by atoms with Crippen molar-refractivity contribution in [2.45, 2.75) is 31.7 Å². The maximum Gasteiger partial charge on any atom is 0.223 e. The highest BCUT2D eigenvalue weighted by Gasteiger charge is 2.27. The predicted molar refractivity (Wildman–Crippen MR) is 93.1 cm³/mol. The van der Waals surface area contributed by atoms with Crippen molar-refractivity contribution in [1.82, 2.24) is 10.2 Å². The van der Waals surface area contributed by atoms with E-state index >= 15 is 0 Å². The second-order valence-electron chi connectivity index (χ2n) is 5.97. The Kier molecular flexibility index (Phi) is 6.73. The van der Waals surface area contributed by atoms with E-state index in [1.807, 2.05) is 24.1 Å². The van der Waals surface area contributed by atoms with Crippen LogP contribution in [-0.4, -0.2) is 58.3 Å². The first-order valence-corrected chi connectivity index (χ1v) is 8.37. The van der Waals surface area contributed by atoms with Gasteiger partial charge in [0, 0.05) is 25.6 Å². The average molecular weight is 336 g/mol. The topological polar surface area (TPSA) is 60.0 Å². The Labute approximate surface area is 144 Å². The van der Waals surface area contributed by atoms with E-state index in [1.54, 1.807) is 21.3 Å². The van der Waals surface area contributed by atoms with Gasteiger partial charge in [-0.1, -0.05) is 0 Å². The van der Waals surface area contributed by atoms with E-state index in [0.29, 0.717) is 36.1 Å². The van der Waals surface area contributed by atoms with Crippen LogP contribution in [0.25, 0.3) is 0 Å². The maximum absolute atomic E-state index is 12.5. The summed E-state index contributed by atoms with van der Waals surface area (Å²) in [4.78, 5) is 14.6. The van der Waals surface area contributed by atoms with Crippen molar-refractivity contribution in [3.63, 3.8) is 0 Å². The molecule has 1 atom stereocenters. The van der Waals surface area contributed by atoms with Crippen LogP contribution in [0.3, 0.4) is 0 Å². The monoisotopic (exact) mass is 336 g/mol. The predicted octanol–water partition coefficient (Wildman–Crippen LogP) is 1.86. The van der Waals surface area contributed by atoms with Gasteiger partial charge in [-0.3, -0.25) is 4.79 Å². The number of carbonyl (C=O) groups is 1. The zero-order valence-corrected chi connectivity index (χ0v) is 15.1. The van der Waals surface area contributed by atoms with Crippen molar-refractivity contribution >= 4 is 5.91 Å². The van der Waals surface area contributed by atoms with Gasteiger partial charge in [-0.25, -0.2) is 0 Å². The van der Waals surface area contributed by atoms with Crippen molar-refractivity contribution in [2.75, 3.05) is 41.5 Å². The summed E-state index contributed by atoms with van der Waals surface area (Å²) in [7, 11) is 6.70. The summed E-state index contributed by atoms with van der Waals surface area (Å²) in [6.45, 7) is 1.72. The van der Waals surface area contributed by atoms with Crippen molar-refractivity contribution < 1.29 is 19.0 Å². The lowest BCUT2D eigenvalue weighted by Gasteiger charge is -2.24. The molecule has 1 aromatic rings. The summed E-state index contributed by atoms with van der Waals surface area (Å²) in [5.74, 6) is 2.02. The SMILES string of the molecule is CNCC1CCCN1C(=O)CCc1cc(OC)c(OC)c(OC)c1. The number of likely N-dealkylation sites (N-methyl/N-ethyl adjacent to an activating group) is 1. The first-order chi connectivity index (χ1) is 11.6. The van der Waals surface area contributed by atoms with Gasteiger partial charge in [0.2, 0.25) is 11.7 Å². The van der Waals surface area contributed by atoms with E-state index in [4.69, 9.17) is 14.2 Å². The second kappa shape index (κ2) is 8.78. The number of benzene rings is 1. The minimum atomic E-state index is 0.210. The molecule has 0 bridgehead atoms. The van der Waals surface area contributed by atoms with E-state index in [2.05, 4.69) is 5.32 Å². The lowest BCUT2D eigenvalue weighted by atomic mass is 10.1. The summed E-state index contributed by atoms with van der Waals surface area (Å²) in [6.07, 6.45) is 3.30. The van der Waals surface area contributed by atoms with Crippen LogP contribution in [0.4, 0.5) is 0 Å². The van der Waals surface area contributed by atoms with Gasteiger partial charge in [0.15, 0.2) is 11.5 Å². The molecule has 0 aromatic heterocycles. The van der Waals surface area contributed by atoms with Gasteiger partial charge in [-0.2, -0.15) is 0 Å². The fraction of sp³-hybridized carbons (Fsp3) is 0.611. The Morgan fingerprint density at radius 1 is 1.21 bits per heavy atom. The Morgan fingerprint density at radius 2 is 1.88 bits per heavy atom. The summed E-state index contributed by atoms with van der Waals surface area (Å²) < 4.78 is 16.1. The minimum Gasteiger partial charge on any atom is -0.493 e. The molecular weight excluding hydrogens is 308 g/mol. The molecule has 1 amide bonds. The molecule has 1 heterocycles. The summed E-state index contributed by atoms with van der Waals surface area (Å²) >= 11 is 0. The third-order valence-electron chi connectivity index (χ3n) is 4.49. The summed E-state index contributed by atoms with van der Waals surface area (Å²) in [6, 6.07) is 4.13. The van der Waals surface area contributed by atoms with Gasteiger partial charge in [0.25, 0.3) is 0 Å². The number of nitrogens with zero attached hydrogens (tertiary/aromatic N) is 1. The van der Waals surface area contributed by atoms with Crippen LogP contribution in [0.2, 0.25) is 0 Å². The van der Waals surface area contributed by atoms with Gasteiger partial charge < -0.3 is 24.4 Å². The second-order valence-corrected chi connectivity index (χ2v) is 5.97. The zero-order chi connectivity index (χ0) is 17.5. The van der Waals surface area contributed by atoms with Gasteiger partial charge >= 0.3 is 0 Å². The molecule has 1 aromatic carbocycles. The van der Waals surface area contributed by atoms with Crippen LogP contribution in [0.1, 0.15) is 24.8 Å². The molecule has 0 aliphatic carbocycles. The van der Waals surface area contributed by atoms with Crippen molar-refractivity contribution in [2.24, 2.45) is 0 Å². The molecule has 0 saturated carbocycles. The number of aryl methyl sites for hydroxylation is 1. The van der Waals surface area contributed by atoms with Crippen LogP contribution in [0, 0.1) is 0 Å². The molecule has 24 heavy (non-hydrogen) atoms. The third kappa shape index (κ3) is 4.12. The van der Waals surface area contributed by atoms with Crippen LogP contribution in [0.15, 0.2) is 12.1 Å². The smallest absolute Gasteiger partial charge is 0.223 e. The highest BCUT2D eigenvalue weighted by molar-refractivity contribution is 5.77. The number of amides is 1. The number of hydrogen-bond acceptors (Lipinski definition) is 5. The van der Waals surface area contributed by atoms with E-state index < -0.39 is 0 Å². The van der Waals surface area contributed by atoms with Gasteiger partial charge in [-0.05, 0) is 44.0 Å². The van der Waals surface area contributed by atoms with Crippen LogP contribution < -0.4 is 19.5 Å². The van der Waals surface area contributed by atoms with Crippen molar-refractivity contribution in [3.8, 4) is 17.2 Å². The van der Waals surface area contributed by atoms with E-state index in [0.717, 1.165) is 31.5 Å². The van der Waals surface area contributed by atoms with Crippen LogP contribution in [-0.2, 0) is 11.2 Å². The standard InChI is InChI=1S/C18H28N2O4/c1-19-12-14-6-5-9-20(14)17(21)8-7-13-10-15(22-2)18(24-4)16(11-13)23-3/h10-11,14,19H,5-9,12H2,1-4H3. The molecule has 1 aliphatic heterocycles. The van der Waals surface area contributed by atoms with Crippen LogP contribution in [0.5, 0.6) is 17.2 Å². The molecular formula is C18H28N2O4. The third-order valence-corrected chi connectivity index (χ3v) is 4.49. The number of ether oxygens (including phenoxy) is 3. The van der Waals surface area contributed by atoms with Crippen molar-refractivity contribution in [3.05, 3.63) is 17.7 Å². The molecule has 1 saturated heterocycles. The Bertz CT molecular complexity index is 537. The molecule has 1 N–H and O–H groups in total.